The van der Waals surface area contributed by atoms with Crippen molar-refractivity contribution in [2.45, 2.75) is 44.8 Å². The van der Waals surface area contributed by atoms with Crippen LogP contribution in [-0.2, 0) is 4.74 Å². The summed E-state index contributed by atoms with van der Waals surface area (Å²) in [5, 5.41) is 13.3. The number of rotatable bonds is 8. The number of hydrogen-bond donors (Lipinski definition) is 2. The van der Waals surface area contributed by atoms with Gasteiger partial charge >= 0.3 is 0 Å². The molecule has 1 aliphatic carbocycles. The standard InChI is InChI=1S/C15H32N2O2/c1-5-12-6-7-15(16-2)13(8-12)9-17(3)10-14(18)11-19-4/h12-16,18H,5-11H2,1-4H3. The molecule has 0 amide bonds. The Balaban J connectivity index is 2.42. The molecule has 0 aromatic rings. The number of nitrogens with zero attached hydrogens (tertiary/aromatic N) is 1. The van der Waals surface area contributed by atoms with Crippen LogP contribution < -0.4 is 5.32 Å². The second kappa shape index (κ2) is 8.90. The summed E-state index contributed by atoms with van der Waals surface area (Å²) in [4.78, 5) is 2.25. The Kier molecular flexibility index (Phi) is 7.91. The van der Waals surface area contributed by atoms with E-state index in [2.05, 4.69) is 31.2 Å². The summed E-state index contributed by atoms with van der Waals surface area (Å²) in [6.07, 6.45) is 4.87. The third-order valence-corrected chi connectivity index (χ3v) is 4.47. The summed E-state index contributed by atoms with van der Waals surface area (Å²) in [7, 11) is 5.80. The minimum Gasteiger partial charge on any atom is -0.389 e. The van der Waals surface area contributed by atoms with E-state index in [0.29, 0.717) is 25.1 Å². The van der Waals surface area contributed by atoms with Crippen LogP contribution in [-0.4, -0.2) is 63.1 Å². The summed E-state index contributed by atoms with van der Waals surface area (Å²) in [6.45, 7) is 4.47. The monoisotopic (exact) mass is 272 g/mol. The molecule has 4 atom stereocenters. The summed E-state index contributed by atoms with van der Waals surface area (Å²) < 4.78 is 4.98. The molecule has 0 heterocycles. The fourth-order valence-electron chi connectivity index (χ4n) is 3.39. The number of nitrogens with one attached hydrogen (secondary N) is 1. The van der Waals surface area contributed by atoms with E-state index in [4.69, 9.17) is 4.74 Å². The molecular weight excluding hydrogens is 240 g/mol. The molecule has 0 radical (unpaired) electrons. The van der Waals surface area contributed by atoms with Gasteiger partial charge in [-0.1, -0.05) is 13.3 Å². The first-order chi connectivity index (χ1) is 9.10. The van der Waals surface area contributed by atoms with Crippen LogP contribution >= 0.6 is 0 Å². The van der Waals surface area contributed by atoms with Crippen molar-refractivity contribution < 1.29 is 9.84 Å². The Labute approximate surface area is 118 Å². The topological polar surface area (TPSA) is 44.7 Å². The predicted molar refractivity (Wildman–Crippen MR) is 79.3 cm³/mol. The Morgan fingerprint density at radius 2 is 2.16 bits per heavy atom. The van der Waals surface area contributed by atoms with Gasteiger partial charge < -0.3 is 20.1 Å². The predicted octanol–water partition coefficient (Wildman–Crippen LogP) is 1.34. The average Bonchev–Trinajstić information content (AvgIpc) is 2.38. The number of aliphatic hydroxyl groups is 1. The second-order valence-corrected chi connectivity index (χ2v) is 6.07. The van der Waals surface area contributed by atoms with E-state index in [-0.39, 0.29) is 6.10 Å². The Bertz CT molecular complexity index is 238. The zero-order valence-corrected chi connectivity index (χ0v) is 13.1. The van der Waals surface area contributed by atoms with E-state index in [0.717, 1.165) is 12.5 Å². The lowest BCUT2D eigenvalue weighted by Crippen LogP contribution is -2.45. The molecule has 4 nitrogen and oxygen atoms in total. The summed E-state index contributed by atoms with van der Waals surface area (Å²) in [5.74, 6) is 1.58. The molecule has 19 heavy (non-hydrogen) atoms. The fraction of sp³-hybridized carbons (Fsp3) is 1.00. The van der Waals surface area contributed by atoms with Gasteiger partial charge in [-0.3, -0.25) is 0 Å². The molecule has 0 aromatic heterocycles. The molecule has 4 unspecified atom stereocenters. The minimum absolute atomic E-state index is 0.381. The van der Waals surface area contributed by atoms with E-state index >= 15 is 0 Å². The molecule has 2 N–H and O–H groups in total. The van der Waals surface area contributed by atoms with Crippen LogP contribution in [0.25, 0.3) is 0 Å². The van der Waals surface area contributed by atoms with E-state index < -0.39 is 0 Å². The lowest BCUT2D eigenvalue weighted by atomic mass is 9.76. The van der Waals surface area contributed by atoms with E-state index in [1.54, 1.807) is 7.11 Å². The van der Waals surface area contributed by atoms with Crippen LogP contribution in [0.5, 0.6) is 0 Å². The van der Waals surface area contributed by atoms with Crippen LogP contribution in [0.4, 0.5) is 0 Å². The van der Waals surface area contributed by atoms with Gasteiger partial charge in [0, 0.05) is 26.2 Å². The van der Waals surface area contributed by atoms with Gasteiger partial charge in [0.15, 0.2) is 0 Å². The molecule has 1 saturated carbocycles. The van der Waals surface area contributed by atoms with Crippen molar-refractivity contribution in [2.24, 2.45) is 11.8 Å². The molecule has 1 rings (SSSR count). The van der Waals surface area contributed by atoms with Crippen molar-refractivity contribution in [1.82, 2.24) is 10.2 Å². The first kappa shape index (κ1) is 16.9. The van der Waals surface area contributed by atoms with Crippen LogP contribution in [0.1, 0.15) is 32.6 Å². The molecular formula is C15H32N2O2. The SMILES string of the molecule is CCC1CCC(NC)C(CN(C)CC(O)COC)C1. The smallest absolute Gasteiger partial charge is 0.0899 e. The van der Waals surface area contributed by atoms with Crippen molar-refractivity contribution in [2.75, 3.05) is 40.9 Å². The van der Waals surface area contributed by atoms with Crippen LogP contribution in [0, 0.1) is 11.8 Å². The lowest BCUT2D eigenvalue weighted by molar-refractivity contribution is 0.0359. The summed E-state index contributed by atoms with van der Waals surface area (Å²) in [5.41, 5.74) is 0. The highest BCUT2D eigenvalue weighted by Crippen LogP contribution is 2.31. The van der Waals surface area contributed by atoms with Gasteiger partial charge in [0.2, 0.25) is 0 Å². The van der Waals surface area contributed by atoms with E-state index in [1.165, 1.54) is 25.7 Å². The minimum atomic E-state index is -0.381. The highest BCUT2D eigenvalue weighted by atomic mass is 16.5. The molecule has 0 bridgehead atoms. The molecule has 0 aromatic carbocycles. The van der Waals surface area contributed by atoms with Crippen molar-refractivity contribution in [3.63, 3.8) is 0 Å². The Morgan fingerprint density at radius 1 is 1.42 bits per heavy atom. The van der Waals surface area contributed by atoms with Gasteiger partial charge in [0.05, 0.1) is 12.7 Å². The van der Waals surface area contributed by atoms with Crippen molar-refractivity contribution in [3.8, 4) is 0 Å². The number of likely N-dealkylation sites (N-methyl/N-ethyl adjacent to an activating group) is 1. The van der Waals surface area contributed by atoms with E-state index in [1.807, 2.05) is 0 Å². The maximum atomic E-state index is 9.79. The van der Waals surface area contributed by atoms with Gasteiger partial charge in [0.25, 0.3) is 0 Å². The first-order valence-electron chi connectivity index (χ1n) is 7.63. The van der Waals surface area contributed by atoms with Crippen molar-refractivity contribution in [3.05, 3.63) is 0 Å². The Hall–Kier alpha value is -0.160. The maximum Gasteiger partial charge on any atom is 0.0899 e. The quantitative estimate of drug-likeness (QED) is 0.700. The molecule has 1 fully saturated rings. The van der Waals surface area contributed by atoms with Crippen LogP contribution in [0.15, 0.2) is 0 Å². The lowest BCUT2D eigenvalue weighted by Gasteiger charge is -2.38. The zero-order valence-electron chi connectivity index (χ0n) is 13.1. The van der Waals surface area contributed by atoms with Gasteiger partial charge in [-0.2, -0.15) is 0 Å². The molecule has 114 valence electrons. The van der Waals surface area contributed by atoms with Crippen LogP contribution in [0.2, 0.25) is 0 Å². The van der Waals surface area contributed by atoms with Gasteiger partial charge in [-0.15, -0.1) is 0 Å². The molecule has 0 spiro atoms. The number of ether oxygens (including phenoxy) is 1. The number of hydrogen-bond acceptors (Lipinski definition) is 4. The fourth-order valence-corrected chi connectivity index (χ4v) is 3.39. The normalized spacial score (nSPS) is 29.7. The van der Waals surface area contributed by atoms with Crippen LogP contribution in [0.3, 0.4) is 0 Å². The highest BCUT2D eigenvalue weighted by Gasteiger charge is 2.29. The van der Waals surface area contributed by atoms with E-state index in [9.17, 15) is 5.11 Å². The average molecular weight is 272 g/mol. The molecule has 0 aliphatic heterocycles. The summed E-state index contributed by atoms with van der Waals surface area (Å²) >= 11 is 0. The highest BCUT2D eigenvalue weighted by molar-refractivity contribution is 4.85. The van der Waals surface area contributed by atoms with Gasteiger partial charge in [-0.05, 0) is 45.2 Å². The Morgan fingerprint density at radius 3 is 2.74 bits per heavy atom. The third-order valence-electron chi connectivity index (χ3n) is 4.47. The first-order valence-corrected chi connectivity index (χ1v) is 7.63. The summed E-state index contributed by atoms with van der Waals surface area (Å²) in [6, 6.07) is 0.629. The molecule has 1 aliphatic rings. The third kappa shape index (κ3) is 5.78. The van der Waals surface area contributed by atoms with Gasteiger partial charge in [-0.25, -0.2) is 0 Å². The molecule has 4 heteroatoms. The zero-order chi connectivity index (χ0) is 14.3. The maximum absolute atomic E-state index is 9.79. The van der Waals surface area contributed by atoms with Gasteiger partial charge in [0.1, 0.15) is 0 Å². The second-order valence-electron chi connectivity index (χ2n) is 6.07. The number of methoxy groups -OCH3 is 1. The molecule has 0 saturated heterocycles. The van der Waals surface area contributed by atoms with Crippen molar-refractivity contribution in [1.29, 1.82) is 0 Å². The largest absolute Gasteiger partial charge is 0.389 e. The number of aliphatic hydroxyl groups excluding tert-OH is 1. The van der Waals surface area contributed by atoms with Crippen molar-refractivity contribution >= 4 is 0 Å².